The van der Waals surface area contributed by atoms with Crippen molar-refractivity contribution in [1.82, 2.24) is 10.2 Å². The number of carbonyl (C=O) groups excluding carboxylic acids is 2. The zero-order valence-electron chi connectivity index (χ0n) is 21.2. The number of carbonyl (C=O) groups is 2. The molecule has 0 spiro atoms. The number of rotatable bonds is 11. The van der Waals surface area contributed by atoms with E-state index in [4.69, 9.17) is 27.9 Å². The zero-order chi connectivity index (χ0) is 27.9. The molecular weight excluding hydrogens is 549 g/mol. The van der Waals surface area contributed by atoms with Crippen molar-refractivity contribution in [2.75, 3.05) is 24.5 Å². The maximum Gasteiger partial charge on any atom is 0.264 e. The molecule has 3 rings (SSSR count). The second-order valence-corrected chi connectivity index (χ2v) is 11.0. The topological polar surface area (TPSA) is 96.0 Å². The second-order valence-electron chi connectivity index (χ2n) is 8.27. The molecule has 3 aromatic carbocycles. The molecule has 2 amide bonds. The van der Waals surface area contributed by atoms with Gasteiger partial charge in [0.2, 0.25) is 11.8 Å². The molecule has 0 aliphatic carbocycles. The van der Waals surface area contributed by atoms with E-state index in [2.05, 4.69) is 5.32 Å². The molecule has 0 saturated carbocycles. The first-order valence-electron chi connectivity index (χ1n) is 11.8. The maximum atomic E-state index is 13.8. The van der Waals surface area contributed by atoms with Gasteiger partial charge >= 0.3 is 0 Å². The van der Waals surface area contributed by atoms with Crippen LogP contribution in [0.25, 0.3) is 0 Å². The van der Waals surface area contributed by atoms with E-state index in [-0.39, 0.29) is 17.1 Å². The van der Waals surface area contributed by atoms with E-state index >= 15 is 0 Å². The van der Waals surface area contributed by atoms with Crippen LogP contribution in [-0.2, 0) is 26.2 Å². The summed E-state index contributed by atoms with van der Waals surface area (Å²) in [4.78, 5) is 27.7. The smallest absolute Gasteiger partial charge is 0.264 e. The Morgan fingerprint density at radius 1 is 1.00 bits per heavy atom. The van der Waals surface area contributed by atoms with Crippen LogP contribution in [0, 0.1) is 0 Å². The van der Waals surface area contributed by atoms with Gasteiger partial charge in [0.05, 0.1) is 17.2 Å². The number of benzene rings is 3. The normalized spacial score (nSPS) is 11.9. The summed E-state index contributed by atoms with van der Waals surface area (Å²) in [5, 5.41) is 3.27. The summed E-state index contributed by atoms with van der Waals surface area (Å²) in [7, 11) is -2.74. The van der Waals surface area contributed by atoms with Gasteiger partial charge in [0.15, 0.2) is 0 Å². The average Bonchev–Trinajstić information content (AvgIpc) is 2.91. The summed E-state index contributed by atoms with van der Waals surface area (Å²) < 4.78 is 34.4. The third-order valence-electron chi connectivity index (χ3n) is 5.81. The van der Waals surface area contributed by atoms with E-state index in [1.165, 1.54) is 30.1 Å². The molecule has 1 N–H and O–H groups in total. The number of nitrogens with zero attached hydrogens (tertiary/aromatic N) is 2. The SMILES string of the molecule is CCOc1ccccc1N(CC(=O)N(Cc1ccc(Cl)cc1Cl)C(C)C(=O)NC)S(=O)(=O)c1ccccc1. The molecule has 1 unspecified atom stereocenters. The number of para-hydroxylation sites is 2. The summed E-state index contributed by atoms with van der Waals surface area (Å²) in [5.74, 6) is -0.734. The minimum atomic E-state index is -4.20. The van der Waals surface area contributed by atoms with Gasteiger partial charge in [-0.25, -0.2) is 8.42 Å². The lowest BCUT2D eigenvalue weighted by atomic mass is 10.1. The van der Waals surface area contributed by atoms with E-state index in [0.29, 0.717) is 28.0 Å². The Balaban J connectivity index is 2.09. The van der Waals surface area contributed by atoms with E-state index in [0.717, 1.165) is 4.31 Å². The maximum absolute atomic E-state index is 13.8. The Bertz CT molecular complexity index is 1390. The van der Waals surface area contributed by atoms with E-state index in [1.54, 1.807) is 68.4 Å². The summed E-state index contributed by atoms with van der Waals surface area (Å²) >= 11 is 12.4. The highest BCUT2D eigenvalue weighted by Crippen LogP contribution is 2.33. The van der Waals surface area contributed by atoms with Crippen molar-refractivity contribution in [2.24, 2.45) is 0 Å². The fraction of sp³-hybridized carbons (Fsp3) is 0.259. The molecule has 0 fully saturated rings. The number of hydrogen-bond acceptors (Lipinski definition) is 5. The number of nitrogens with one attached hydrogen (secondary N) is 1. The van der Waals surface area contributed by atoms with Gasteiger partial charge in [-0.2, -0.15) is 0 Å². The number of halogens is 2. The zero-order valence-corrected chi connectivity index (χ0v) is 23.6. The Hall–Kier alpha value is -3.27. The minimum Gasteiger partial charge on any atom is -0.492 e. The van der Waals surface area contributed by atoms with Crippen LogP contribution in [0.1, 0.15) is 19.4 Å². The standard InChI is InChI=1S/C27H29Cl2N3O5S/c1-4-37-25-13-9-8-12-24(25)32(38(35,36)22-10-6-5-7-11-22)18-26(33)31(19(2)27(34)30-3)17-20-14-15-21(28)16-23(20)29/h5-16,19H,4,17-18H2,1-3H3,(H,30,34). The first-order chi connectivity index (χ1) is 18.1. The van der Waals surface area contributed by atoms with Gasteiger partial charge in [0, 0.05) is 23.6 Å². The fourth-order valence-electron chi connectivity index (χ4n) is 3.80. The highest BCUT2D eigenvalue weighted by Gasteiger charge is 2.33. The van der Waals surface area contributed by atoms with Gasteiger partial charge < -0.3 is 15.0 Å². The summed E-state index contributed by atoms with van der Waals surface area (Å²) in [6.45, 7) is 2.99. The molecule has 0 aromatic heterocycles. The largest absolute Gasteiger partial charge is 0.492 e. The fourth-order valence-corrected chi connectivity index (χ4v) is 5.71. The number of hydrogen-bond donors (Lipinski definition) is 1. The first-order valence-corrected chi connectivity index (χ1v) is 14.0. The van der Waals surface area contributed by atoms with Crippen LogP contribution in [0.4, 0.5) is 5.69 Å². The number of likely N-dealkylation sites (N-methyl/N-ethyl adjacent to an activating group) is 1. The lowest BCUT2D eigenvalue weighted by Gasteiger charge is -2.32. The van der Waals surface area contributed by atoms with Crippen molar-refractivity contribution in [1.29, 1.82) is 0 Å². The van der Waals surface area contributed by atoms with Gasteiger partial charge in [0.25, 0.3) is 10.0 Å². The van der Waals surface area contributed by atoms with E-state index < -0.39 is 34.4 Å². The molecule has 0 heterocycles. The van der Waals surface area contributed by atoms with Crippen LogP contribution >= 0.6 is 23.2 Å². The molecule has 8 nitrogen and oxygen atoms in total. The van der Waals surface area contributed by atoms with Crippen LogP contribution in [0.5, 0.6) is 5.75 Å². The Morgan fingerprint density at radius 2 is 1.66 bits per heavy atom. The van der Waals surface area contributed by atoms with Gasteiger partial charge in [-0.05, 0) is 55.8 Å². The molecule has 0 aliphatic heterocycles. The highest BCUT2D eigenvalue weighted by atomic mass is 35.5. The Labute approximate surface area is 233 Å². The summed E-state index contributed by atoms with van der Waals surface area (Å²) in [6.07, 6.45) is 0. The van der Waals surface area contributed by atoms with Crippen LogP contribution in [0.2, 0.25) is 10.0 Å². The van der Waals surface area contributed by atoms with Crippen LogP contribution in [0.3, 0.4) is 0 Å². The highest BCUT2D eigenvalue weighted by molar-refractivity contribution is 7.92. The number of sulfonamides is 1. The molecule has 0 bridgehead atoms. The monoisotopic (exact) mass is 577 g/mol. The van der Waals surface area contributed by atoms with Gasteiger partial charge in [-0.15, -0.1) is 0 Å². The minimum absolute atomic E-state index is 0.00532. The molecule has 0 radical (unpaired) electrons. The molecule has 38 heavy (non-hydrogen) atoms. The number of amides is 2. The van der Waals surface area contributed by atoms with Gasteiger partial charge in [0.1, 0.15) is 18.3 Å². The summed E-state index contributed by atoms with van der Waals surface area (Å²) in [5.41, 5.74) is 0.746. The first kappa shape index (κ1) is 29.3. The Morgan fingerprint density at radius 3 is 2.29 bits per heavy atom. The van der Waals surface area contributed by atoms with E-state index in [1.807, 2.05) is 0 Å². The predicted octanol–water partition coefficient (Wildman–Crippen LogP) is 4.75. The van der Waals surface area contributed by atoms with Gasteiger partial charge in [-0.1, -0.05) is 59.6 Å². The van der Waals surface area contributed by atoms with Crippen molar-refractivity contribution >= 4 is 50.7 Å². The molecule has 202 valence electrons. The second kappa shape index (κ2) is 13.0. The molecule has 0 aliphatic rings. The van der Waals surface area contributed by atoms with Crippen LogP contribution < -0.4 is 14.4 Å². The van der Waals surface area contributed by atoms with Crippen molar-refractivity contribution in [3.05, 3.63) is 88.4 Å². The lowest BCUT2D eigenvalue weighted by molar-refractivity contribution is -0.139. The third-order valence-corrected chi connectivity index (χ3v) is 8.17. The van der Waals surface area contributed by atoms with E-state index in [9.17, 15) is 18.0 Å². The van der Waals surface area contributed by atoms with Crippen molar-refractivity contribution in [3.8, 4) is 5.75 Å². The quantitative estimate of drug-likeness (QED) is 0.354. The number of ether oxygens (including phenoxy) is 1. The third kappa shape index (κ3) is 6.78. The van der Waals surface area contributed by atoms with Crippen LogP contribution in [0.15, 0.2) is 77.7 Å². The number of anilines is 1. The summed E-state index contributed by atoms with van der Waals surface area (Å²) in [6, 6.07) is 18.3. The molecule has 0 saturated heterocycles. The Kier molecular flexibility index (Phi) is 10.0. The molecule has 3 aromatic rings. The molecular formula is C27H29Cl2N3O5S. The van der Waals surface area contributed by atoms with Crippen molar-refractivity contribution < 1.29 is 22.7 Å². The predicted molar refractivity (Wildman–Crippen MR) is 149 cm³/mol. The van der Waals surface area contributed by atoms with Crippen molar-refractivity contribution in [3.63, 3.8) is 0 Å². The van der Waals surface area contributed by atoms with Crippen molar-refractivity contribution in [2.45, 2.75) is 31.3 Å². The van der Waals surface area contributed by atoms with Crippen LogP contribution in [-0.4, -0.2) is 51.4 Å². The molecule has 1 atom stereocenters. The molecule has 11 heteroatoms. The van der Waals surface area contributed by atoms with Gasteiger partial charge in [-0.3, -0.25) is 13.9 Å². The lowest BCUT2D eigenvalue weighted by Crippen LogP contribution is -2.50. The average molecular weight is 579 g/mol.